The van der Waals surface area contributed by atoms with Crippen LogP contribution < -0.4 is 5.32 Å². The van der Waals surface area contributed by atoms with Gasteiger partial charge in [-0.15, -0.1) is 6.58 Å². The Kier molecular flexibility index (Phi) is 6.21. The lowest BCUT2D eigenvalue weighted by Gasteiger charge is -2.42. The molecular formula is C26H29FN2O2. The van der Waals surface area contributed by atoms with E-state index < -0.39 is 5.41 Å². The number of rotatable bonds is 7. The van der Waals surface area contributed by atoms with E-state index in [0.29, 0.717) is 25.1 Å². The molecule has 2 amide bonds. The highest BCUT2D eigenvalue weighted by molar-refractivity contribution is 5.86. The van der Waals surface area contributed by atoms with Crippen molar-refractivity contribution in [1.29, 1.82) is 0 Å². The number of benzene rings is 2. The smallest absolute Gasteiger partial charge is 0.228 e. The molecule has 2 aromatic rings. The van der Waals surface area contributed by atoms with E-state index >= 15 is 0 Å². The van der Waals surface area contributed by atoms with Gasteiger partial charge in [0.15, 0.2) is 0 Å². The molecule has 1 atom stereocenters. The second-order valence-electron chi connectivity index (χ2n) is 8.77. The summed E-state index contributed by atoms with van der Waals surface area (Å²) in [5.74, 6) is 0.0542. The summed E-state index contributed by atoms with van der Waals surface area (Å²) in [6.45, 7) is 5.27. The molecule has 31 heavy (non-hydrogen) atoms. The number of nitrogens with one attached hydrogen (secondary N) is 1. The van der Waals surface area contributed by atoms with E-state index in [1.165, 1.54) is 6.07 Å². The van der Waals surface area contributed by atoms with Gasteiger partial charge in [0.25, 0.3) is 0 Å². The summed E-state index contributed by atoms with van der Waals surface area (Å²) in [5, 5.41) is 2.97. The number of carbonyl (C=O) groups excluding carboxylic acids is 2. The van der Waals surface area contributed by atoms with Crippen LogP contribution >= 0.6 is 0 Å². The van der Waals surface area contributed by atoms with Crippen molar-refractivity contribution in [3.63, 3.8) is 0 Å². The molecule has 1 aliphatic heterocycles. The lowest BCUT2D eigenvalue weighted by Crippen LogP contribution is -2.54. The third-order valence-corrected chi connectivity index (χ3v) is 6.39. The molecular weight excluding hydrogens is 391 g/mol. The van der Waals surface area contributed by atoms with Crippen molar-refractivity contribution in [3.05, 3.63) is 72.6 Å². The molecule has 1 unspecified atom stereocenters. The molecule has 1 N–H and O–H groups in total. The van der Waals surface area contributed by atoms with Crippen LogP contribution in [-0.4, -0.2) is 36.3 Å². The van der Waals surface area contributed by atoms with Crippen LogP contribution in [0.4, 0.5) is 4.39 Å². The Hall–Kier alpha value is -2.95. The topological polar surface area (TPSA) is 49.4 Å². The van der Waals surface area contributed by atoms with Gasteiger partial charge < -0.3 is 10.2 Å². The third kappa shape index (κ3) is 4.71. The van der Waals surface area contributed by atoms with E-state index in [4.69, 9.17) is 0 Å². The van der Waals surface area contributed by atoms with Gasteiger partial charge in [-0.2, -0.15) is 0 Å². The Morgan fingerprint density at radius 3 is 2.58 bits per heavy atom. The standard InChI is InChI=1S/C26H29FN2O2/c1-2-15-28-25(31)26(14-5-16-29(18-26)24(30)21-12-13-21)17-19-8-10-20(11-9-19)22-6-3-4-7-23(22)27/h2-4,6-11,21H,1,5,12-18H2,(H,28,31). The summed E-state index contributed by atoms with van der Waals surface area (Å²) >= 11 is 0. The minimum absolute atomic E-state index is 0.0288. The minimum atomic E-state index is -0.661. The summed E-state index contributed by atoms with van der Waals surface area (Å²) in [6, 6.07) is 14.4. The third-order valence-electron chi connectivity index (χ3n) is 6.39. The lowest BCUT2D eigenvalue weighted by molar-refractivity contribution is -0.142. The highest BCUT2D eigenvalue weighted by atomic mass is 19.1. The van der Waals surface area contributed by atoms with Crippen LogP contribution in [0.2, 0.25) is 0 Å². The molecule has 2 fully saturated rings. The van der Waals surface area contributed by atoms with E-state index in [1.807, 2.05) is 35.2 Å². The maximum atomic E-state index is 14.1. The van der Waals surface area contributed by atoms with Gasteiger partial charge in [-0.1, -0.05) is 48.5 Å². The monoisotopic (exact) mass is 420 g/mol. The van der Waals surface area contributed by atoms with E-state index in [9.17, 15) is 14.0 Å². The first kappa shape index (κ1) is 21.3. The van der Waals surface area contributed by atoms with Gasteiger partial charge >= 0.3 is 0 Å². The van der Waals surface area contributed by atoms with Crippen LogP contribution in [-0.2, 0) is 16.0 Å². The number of likely N-dealkylation sites (tertiary alicyclic amines) is 1. The molecule has 0 spiro atoms. The average molecular weight is 421 g/mol. The zero-order valence-corrected chi connectivity index (χ0v) is 17.8. The highest BCUT2D eigenvalue weighted by Crippen LogP contribution is 2.38. The van der Waals surface area contributed by atoms with Crippen molar-refractivity contribution >= 4 is 11.8 Å². The molecule has 1 saturated heterocycles. The fourth-order valence-electron chi connectivity index (χ4n) is 4.56. The Morgan fingerprint density at radius 1 is 1.16 bits per heavy atom. The van der Waals surface area contributed by atoms with Crippen molar-refractivity contribution in [1.82, 2.24) is 10.2 Å². The SMILES string of the molecule is C=CCNC(=O)C1(Cc2ccc(-c3ccccc3F)cc2)CCCN(C(=O)C2CC2)C1. The van der Waals surface area contributed by atoms with E-state index in [1.54, 1.807) is 18.2 Å². The number of hydrogen-bond acceptors (Lipinski definition) is 2. The molecule has 4 rings (SSSR count). The van der Waals surface area contributed by atoms with Gasteiger partial charge in [0.1, 0.15) is 5.82 Å². The second kappa shape index (κ2) is 9.04. The quantitative estimate of drug-likeness (QED) is 0.677. The van der Waals surface area contributed by atoms with Gasteiger partial charge in [-0.25, -0.2) is 4.39 Å². The van der Waals surface area contributed by atoms with Crippen LogP contribution in [0.25, 0.3) is 11.1 Å². The van der Waals surface area contributed by atoms with Gasteiger partial charge in [-0.05, 0) is 49.3 Å². The van der Waals surface area contributed by atoms with Crippen LogP contribution in [0.3, 0.4) is 0 Å². The zero-order valence-electron chi connectivity index (χ0n) is 17.8. The number of halogens is 1. The Morgan fingerprint density at radius 2 is 1.90 bits per heavy atom. The number of carbonyl (C=O) groups is 2. The molecule has 0 bridgehead atoms. The average Bonchev–Trinajstić information content (AvgIpc) is 3.63. The fourth-order valence-corrected chi connectivity index (χ4v) is 4.56. The first-order valence-electron chi connectivity index (χ1n) is 11.0. The van der Waals surface area contributed by atoms with Gasteiger partial charge in [0.2, 0.25) is 11.8 Å². The van der Waals surface area contributed by atoms with E-state index in [0.717, 1.165) is 43.4 Å². The van der Waals surface area contributed by atoms with Crippen LogP contribution in [0.5, 0.6) is 0 Å². The lowest BCUT2D eigenvalue weighted by atomic mass is 9.74. The van der Waals surface area contributed by atoms with Crippen molar-refractivity contribution < 1.29 is 14.0 Å². The zero-order chi connectivity index (χ0) is 21.8. The first-order valence-corrected chi connectivity index (χ1v) is 11.0. The highest BCUT2D eigenvalue weighted by Gasteiger charge is 2.45. The molecule has 2 aromatic carbocycles. The maximum Gasteiger partial charge on any atom is 0.228 e. The molecule has 5 heteroatoms. The summed E-state index contributed by atoms with van der Waals surface area (Å²) in [7, 11) is 0. The Labute approximate surface area is 183 Å². The van der Waals surface area contributed by atoms with E-state index in [-0.39, 0.29) is 23.5 Å². The summed E-state index contributed by atoms with van der Waals surface area (Å²) in [5.41, 5.74) is 1.72. The van der Waals surface area contributed by atoms with Crippen LogP contribution in [0, 0.1) is 17.2 Å². The van der Waals surface area contributed by atoms with Gasteiger partial charge in [0.05, 0.1) is 5.41 Å². The summed E-state index contributed by atoms with van der Waals surface area (Å²) in [4.78, 5) is 27.8. The normalized spacial score (nSPS) is 20.9. The number of amides is 2. The van der Waals surface area contributed by atoms with Crippen LogP contribution in [0.15, 0.2) is 61.2 Å². The van der Waals surface area contributed by atoms with Crippen molar-refractivity contribution in [3.8, 4) is 11.1 Å². The van der Waals surface area contributed by atoms with E-state index in [2.05, 4.69) is 11.9 Å². The van der Waals surface area contributed by atoms with Crippen molar-refractivity contribution in [2.75, 3.05) is 19.6 Å². The predicted molar refractivity (Wildman–Crippen MR) is 120 cm³/mol. The largest absolute Gasteiger partial charge is 0.352 e. The number of hydrogen-bond donors (Lipinski definition) is 1. The molecule has 162 valence electrons. The molecule has 0 aromatic heterocycles. The van der Waals surface area contributed by atoms with Gasteiger partial charge in [0, 0.05) is 31.1 Å². The molecule has 1 heterocycles. The first-order chi connectivity index (χ1) is 15.0. The Bertz CT molecular complexity index is 968. The predicted octanol–water partition coefficient (Wildman–Crippen LogP) is 4.36. The molecule has 1 aliphatic carbocycles. The summed E-state index contributed by atoms with van der Waals surface area (Å²) in [6.07, 6.45) is 5.69. The van der Waals surface area contributed by atoms with Crippen molar-refractivity contribution in [2.45, 2.75) is 32.1 Å². The van der Waals surface area contributed by atoms with Crippen molar-refractivity contribution in [2.24, 2.45) is 11.3 Å². The molecule has 2 aliphatic rings. The van der Waals surface area contributed by atoms with Gasteiger partial charge in [-0.3, -0.25) is 9.59 Å². The number of nitrogens with zero attached hydrogens (tertiary/aromatic N) is 1. The Balaban J connectivity index is 1.57. The fraction of sp³-hybridized carbons (Fsp3) is 0.385. The molecule has 4 nitrogen and oxygen atoms in total. The number of piperidine rings is 1. The maximum absolute atomic E-state index is 14.1. The minimum Gasteiger partial charge on any atom is -0.352 e. The van der Waals surface area contributed by atoms with Crippen LogP contribution in [0.1, 0.15) is 31.2 Å². The molecule has 1 saturated carbocycles. The summed E-state index contributed by atoms with van der Waals surface area (Å²) < 4.78 is 14.1. The second-order valence-corrected chi connectivity index (χ2v) is 8.77. The molecule has 0 radical (unpaired) electrons.